The fraction of sp³-hybridized carbons (Fsp3) is 0.304. The summed E-state index contributed by atoms with van der Waals surface area (Å²) < 4.78 is 11.2. The lowest BCUT2D eigenvalue weighted by Crippen LogP contribution is -2.43. The molecule has 1 aromatic heterocycles. The van der Waals surface area contributed by atoms with Crippen molar-refractivity contribution < 1.29 is 14.3 Å². The Morgan fingerprint density at radius 3 is 2.83 bits per heavy atom. The van der Waals surface area contributed by atoms with Gasteiger partial charge in [-0.25, -0.2) is 0 Å². The standard InChI is InChI=1S/C23H23ClN2O4/c1-15-5-6-21-17(9-15)10-18(22(27)25-21)12-26(13-20-14-29-7-8-30-20)23(28)16-3-2-4-19(24)11-16/h2-6,9-11,20H,7-8,12-14H2,1H3,(H,25,27). The number of aromatic nitrogens is 1. The molecule has 1 aliphatic heterocycles. The lowest BCUT2D eigenvalue weighted by atomic mass is 10.1. The van der Waals surface area contributed by atoms with E-state index in [2.05, 4.69) is 4.98 Å². The van der Waals surface area contributed by atoms with Crippen molar-refractivity contribution in [3.05, 3.63) is 80.6 Å². The van der Waals surface area contributed by atoms with Crippen LogP contribution < -0.4 is 5.56 Å². The second-order valence-corrected chi connectivity index (χ2v) is 7.91. The van der Waals surface area contributed by atoms with E-state index in [9.17, 15) is 9.59 Å². The molecule has 0 spiro atoms. The van der Waals surface area contributed by atoms with Crippen LogP contribution in [0, 0.1) is 6.92 Å². The van der Waals surface area contributed by atoms with Crippen molar-refractivity contribution in [3.63, 3.8) is 0 Å². The van der Waals surface area contributed by atoms with E-state index in [0.717, 1.165) is 16.5 Å². The van der Waals surface area contributed by atoms with Crippen molar-refractivity contribution in [2.24, 2.45) is 0 Å². The molecule has 2 heterocycles. The number of benzene rings is 2. The largest absolute Gasteiger partial charge is 0.376 e. The number of H-pyrrole nitrogens is 1. The minimum atomic E-state index is -0.247. The number of halogens is 1. The predicted molar refractivity (Wildman–Crippen MR) is 116 cm³/mol. The van der Waals surface area contributed by atoms with Crippen LogP contribution in [0.2, 0.25) is 5.02 Å². The topological polar surface area (TPSA) is 71.6 Å². The van der Waals surface area contributed by atoms with Crippen molar-refractivity contribution in [1.82, 2.24) is 9.88 Å². The van der Waals surface area contributed by atoms with Crippen LogP contribution in [0.5, 0.6) is 0 Å². The molecular weight excluding hydrogens is 404 g/mol. The van der Waals surface area contributed by atoms with Crippen molar-refractivity contribution in [2.45, 2.75) is 19.6 Å². The van der Waals surface area contributed by atoms with Gasteiger partial charge in [-0.05, 0) is 48.7 Å². The first-order valence-electron chi connectivity index (χ1n) is 9.86. The maximum atomic E-state index is 13.3. The number of ether oxygens (including phenoxy) is 2. The third-order valence-electron chi connectivity index (χ3n) is 5.11. The Kier molecular flexibility index (Phi) is 6.18. The Labute approximate surface area is 179 Å². The zero-order valence-electron chi connectivity index (χ0n) is 16.7. The summed E-state index contributed by atoms with van der Waals surface area (Å²) in [6, 6.07) is 14.5. The maximum absolute atomic E-state index is 13.3. The van der Waals surface area contributed by atoms with Crippen molar-refractivity contribution in [1.29, 1.82) is 0 Å². The summed E-state index contributed by atoms with van der Waals surface area (Å²) in [5, 5.41) is 1.41. The van der Waals surface area contributed by atoms with Crippen molar-refractivity contribution >= 4 is 28.4 Å². The van der Waals surface area contributed by atoms with Crippen LogP contribution in [0.4, 0.5) is 0 Å². The second kappa shape index (κ2) is 9.00. The molecule has 3 aromatic rings. The van der Waals surface area contributed by atoms with Crippen LogP contribution in [-0.4, -0.2) is 48.3 Å². The number of aryl methyl sites for hydroxylation is 1. The summed E-state index contributed by atoms with van der Waals surface area (Å²) in [4.78, 5) is 30.5. The van der Waals surface area contributed by atoms with E-state index < -0.39 is 0 Å². The highest BCUT2D eigenvalue weighted by Crippen LogP contribution is 2.18. The Bertz CT molecular complexity index is 1120. The number of pyridine rings is 1. The Balaban J connectivity index is 1.66. The van der Waals surface area contributed by atoms with Gasteiger partial charge in [0.15, 0.2) is 0 Å². The van der Waals surface area contributed by atoms with Crippen molar-refractivity contribution in [3.8, 4) is 0 Å². The number of nitrogens with zero attached hydrogens (tertiary/aromatic N) is 1. The maximum Gasteiger partial charge on any atom is 0.254 e. The van der Waals surface area contributed by atoms with Gasteiger partial charge in [0.25, 0.3) is 11.5 Å². The number of hydrogen-bond acceptors (Lipinski definition) is 4. The van der Waals surface area contributed by atoms with E-state index in [-0.39, 0.29) is 24.1 Å². The van der Waals surface area contributed by atoms with Crippen LogP contribution in [0.25, 0.3) is 10.9 Å². The zero-order valence-corrected chi connectivity index (χ0v) is 17.4. The van der Waals surface area contributed by atoms with Gasteiger partial charge >= 0.3 is 0 Å². The first-order chi connectivity index (χ1) is 14.5. The molecule has 7 heteroatoms. The molecule has 1 atom stereocenters. The van der Waals surface area contributed by atoms with Gasteiger partial charge in [0.05, 0.1) is 32.5 Å². The molecule has 1 aliphatic rings. The highest BCUT2D eigenvalue weighted by Gasteiger charge is 2.24. The number of hydrogen-bond donors (Lipinski definition) is 1. The molecule has 1 saturated heterocycles. The number of aromatic amines is 1. The quantitative estimate of drug-likeness (QED) is 0.677. The lowest BCUT2D eigenvalue weighted by molar-refractivity contribution is -0.0953. The Morgan fingerprint density at radius 2 is 2.07 bits per heavy atom. The summed E-state index contributed by atoms with van der Waals surface area (Å²) in [5.74, 6) is -0.213. The third-order valence-corrected chi connectivity index (χ3v) is 5.34. The summed E-state index contributed by atoms with van der Waals surface area (Å²) in [6.45, 7) is 3.91. The zero-order chi connectivity index (χ0) is 21.1. The van der Waals surface area contributed by atoms with Gasteiger partial charge in [0.1, 0.15) is 0 Å². The highest BCUT2D eigenvalue weighted by molar-refractivity contribution is 6.30. The smallest absolute Gasteiger partial charge is 0.254 e. The van der Waals surface area contributed by atoms with Crippen LogP contribution in [0.1, 0.15) is 21.5 Å². The fourth-order valence-electron chi connectivity index (χ4n) is 3.61. The summed E-state index contributed by atoms with van der Waals surface area (Å²) >= 11 is 6.08. The molecule has 30 heavy (non-hydrogen) atoms. The van der Waals surface area contributed by atoms with Crippen molar-refractivity contribution in [2.75, 3.05) is 26.4 Å². The normalized spacial score (nSPS) is 16.5. The fourth-order valence-corrected chi connectivity index (χ4v) is 3.80. The van der Waals surface area contributed by atoms with Gasteiger partial charge in [0, 0.05) is 28.2 Å². The molecule has 0 radical (unpaired) electrons. The molecule has 0 saturated carbocycles. The van der Waals surface area contributed by atoms with Crippen LogP contribution in [0.3, 0.4) is 0 Å². The van der Waals surface area contributed by atoms with E-state index in [1.807, 2.05) is 31.2 Å². The number of nitrogens with one attached hydrogen (secondary N) is 1. The first-order valence-corrected chi connectivity index (χ1v) is 10.2. The average molecular weight is 427 g/mol. The molecule has 1 unspecified atom stereocenters. The molecular formula is C23H23ClN2O4. The molecule has 6 nitrogen and oxygen atoms in total. The molecule has 2 aromatic carbocycles. The highest BCUT2D eigenvalue weighted by atomic mass is 35.5. The number of amides is 1. The SMILES string of the molecule is Cc1ccc2[nH]c(=O)c(CN(CC3COCCO3)C(=O)c3cccc(Cl)c3)cc2c1. The monoisotopic (exact) mass is 426 g/mol. The minimum absolute atomic E-state index is 0.157. The van der Waals surface area contributed by atoms with Crippen LogP contribution >= 0.6 is 11.6 Å². The van der Waals surface area contributed by atoms with E-state index in [0.29, 0.717) is 42.5 Å². The first kappa shape index (κ1) is 20.6. The van der Waals surface area contributed by atoms with Gasteiger partial charge in [-0.1, -0.05) is 29.3 Å². The predicted octanol–water partition coefficient (Wildman–Crippen LogP) is 3.55. The van der Waals surface area contributed by atoms with E-state index >= 15 is 0 Å². The molecule has 156 valence electrons. The minimum Gasteiger partial charge on any atom is -0.376 e. The Morgan fingerprint density at radius 1 is 1.20 bits per heavy atom. The van der Waals surface area contributed by atoms with Crippen LogP contribution in [-0.2, 0) is 16.0 Å². The van der Waals surface area contributed by atoms with Gasteiger partial charge in [-0.2, -0.15) is 0 Å². The van der Waals surface area contributed by atoms with Gasteiger partial charge in [-0.3, -0.25) is 9.59 Å². The van der Waals surface area contributed by atoms with E-state index in [1.165, 1.54) is 0 Å². The van der Waals surface area contributed by atoms with Gasteiger partial charge in [-0.15, -0.1) is 0 Å². The second-order valence-electron chi connectivity index (χ2n) is 7.48. The Hall–Kier alpha value is -2.67. The average Bonchev–Trinajstić information content (AvgIpc) is 2.74. The lowest BCUT2D eigenvalue weighted by Gasteiger charge is -2.30. The van der Waals surface area contributed by atoms with Crippen LogP contribution in [0.15, 0.2) is 53.3 Å². The molecule has 0 bridgehead atoms. The number of rotatable bonds is 5. The van der Waals surface area contributed by atoms with E-state index in [1.54, 1.807) is 29.2 Å². The molecule has 4 rings (SSSR count). The van der Waals surface area contributed by atoms with E-state index in [4.69, 9.17) is 21.1 Å². The van der Waals surface area contributed by atoms with Gasteiger partial charge in [0.2, 0.25) is 0 Å². The molecule has 1 fully saturated rings. The summed E-state index contributed by atoms with van der Waals surface area (Å²) in [7, 11) is 0. The third kappa shape index (κ3) is 4.73. The summed E-state index contributed by atoms with van der Waals surface area (Å²) in [5.41, 5.74) is 2.63. The number of fused-ring (bicyclic) bond motifs is 1. The summed E-state index contributed by atoms with van der Waals surface area (Å²) in [6.07, 6.45) is -0.247. The molecule has 1 amide bonds. The molecule has 1 N–H and O–H groups in total. The molecule has 0 aliphatic carbocycles. The van der Waals surface area contributed by atoms with Gasteiger partial charge < -0.3 is 19.4 Å². The number of carbonyl (C=O) groups excluding carboxylic acids is 1. The number of carbonyl (C=O) groups is 1.